The molecule has 0 fully saturated rings. The van der Waals surface area contributed by atoms with E-state index in [1.807, 2.05) is 24.3 Å². The number of hydrogen-bond acceptors (Lipinski definition) is 1. The predicted octanol–water partition coefficient (Wildman–Crippen LogP) is 3.23. The molecule has 0 saturated carbocycles. The summed E-state index contributed by atoms with van der Waals surface area (Å²) >= 11 is 3.40. The fourth-order valence-corrected chi connectivity index (χ4v) is 1.97. The Kier molecular flexibility index (Phi) is 3.00. The van der Waals surface area contributed by atoms with Crippen LogP contribution in [0.15, 0.2) is 39.6 Å². The number of hydrogen-bond donors (Lipinski definition) is 1. The third-order valence-corrected chi connectivity index (χ3v) is 3.09. The summed E-state index contributed by atoms with van der Waals surface area (Å²) in [6.45, 7) is 6.22. The van der Waals surface area contributed by atoms with Crippen LogP contribution >= 0.6 is 15.9 Å². The van der Waals surface area contributed by atoms with E-state index >= 15 is 0 Å². The molecular weight excluding hydrogens is 280 g/mol. The van der Waals surface area contributed by atoms with Gasteiger partial charge in [0.05, 0.1) is 5.69 Å². The molecule has 0 radical (unpaired) electrons. The van der Waals surface area contributed by atoms with Crippen LogP contribution < -0.4 is 5.56 Å². The first-order valence-corrected chi connectivity index (χ1v) is 6.26. The Labute approximate surface area is 109 Å². The van der Waals surface area contributed by atoms with Gasteiger partial charge in [-0.3, -0.25) is 9.89 Å². The van der Waals surface area contributed by atoms with E-state index in [2.05, 4.69) is 41.8 Å². The van der Waals surface area contributed by atoms with E-state index < -0.39 is 0 Å². The first-order valence-electron chi connectivity index (χ1n) is 5.46. The second-order valence-corrected chi connectivity index (χ2v) is 5.99. The quantitative estimate of drug-likeness (QED) is 0.861. The van der Waals surface area contributed by atoms with Crippen molar-refractivity contribution in [2.24, 2.45) is 0 Å². The number of aromatic nitrogens is 2. The van der Waals surface area contributed by atoms with E-state index in [0.717, 1.165) is 15.9 Å². The summed E-state index contributed by atoms with van der Waals surface area (Å²) in [5.41, 5.74) is 1.67. The molecule has 4 heteroatoms. The van der Waals surface area contributed by atoms with Crippen molar-refractivity contribution in [1.29, 1.82) is 0 Å². The van der Waals surface area contributed by atoms with Crippen LogP contribution in [-0.4, -0.2) is 9.78 Å². The SMILES string of the molecule is CC(C)(C)c1cc(=O)n(-c2cccc(Br)c2)[nH]1. The van der Waals surface area contributed by atoms with Crippen molar-refractivity contribution < 1.29 is 0 Å². The Hall–Kier alpha value is -1.29. The minimum atomic E-state index is -0.0591. The maximum absolute atomic E-state index is 11.9. The molecule has 0 spiro atoms. The van der Waals surface area contributed by atoms with E-state index in [9.17, 15) is 4.79 Å². The molecule has 2 aromatic rings. The Morgan fingerprint density at radius 3 is 2.47 bits per heavy atom. The highest BCUT2D eigenvalue weighted by molar-refractivity contribution is 9.10. The van der Waals surface area contributed by atoms with Crippen molar-refractivity contribution in [3.05, 3.63) is 50.9 Å². The highest BCUT2D eigenvalue weighted by atomic mass is 79.9. The maximum Gasteiger partial charge on any atom is 0.271 e. The lowest BCUT2D eigenvalue weighted by Gasteiger charge is -2.15. The number of halogens is 1. The molecule has 0 amide bonds. The van der Waals surface area contributed by atoms with E-state index in [1.54, 1.807) is 10.7 Å². The van der Waals surface area contributed by atoms with Crippen molar-refractivity contribution in [1.82, 2.24) is 9.78 Å². The predicted molar refractivity (Wildman–Crippen MR) is 72.8 cm³/mol. The van der Waals surface area contributed by atoms with Gasteiger partial charge in [0.1, 0.15) is 0 Å². The summed E-state index contributed by atoms with van der Waals surface area (Å²) in [6.07, 6.45) is 0. The topological polar surface area (TPSA) is 37.8 Å². The maximum atomic E-state index is 11.9. The lowest BCUT2D eigenvalue weighted by molar-refractivity contribution is 0.560. The molecule has 0 atom stereocenters. The van der Waals surface area contributed by atoms with E-state index in [0.29, 0.717) is 0 Å². The first kappa shape index (κ1) is 12.2. The average molecular weight is 295 g/mol. The Balaban J connectivity index is 2.54. The highest BCUT2D eigenvalue weighted by Crippen LogP contribution is 2.20. The van der Waals surface area contributed by atoms with Crippen LogP contribution in [0, 0.1) is 0 Å². The summed E-state index contributed by atoms with van der Waals surface area (Å²) in [6, 6.07) is 9.30. The first-order chi connectivity index (χ1) is 7.88. The van der Waals surface area contributed by atoms with Crippen molar-refractivity contribution >= 4 is 15.9 Å². The van der Waals surface area contributed by atoms with Crippen LogP contribution in [0.3, 0.4) is 0 Å². The van der Waals surface area contributed by atoms with Crippen LogP contribution in [0.2, 0.25) is 0 Å². The summed E-state index contributed by atoms with van der Waals surface area (Å²) in [5.74, 6) is 0. The zero-order valence-corrected chi connectivity index (χ0v) is 11.7. The molecule has 0 aliphatic carbocycles. The van der Waals surface area contributed by atoms with Gasteiger partial charge in [-0.15, -0.1) is 0 Å². The van der Waals surface area contributed by atoms with E-state index in [1.165, 1.54) is 0 Å². The lowest BCUT2D eigenvalue weighted by atomic mass is 9.93. The van der Waals surface area contributed by atoms with Gasteiger partial charge in [0.15, 0.2) is 0 Å². The summed E-state index contributed by atoms with van der Waals surface area (Å²) in [5, 5.41) is 3.15. The fraction of sp³-hybridized carbons (Fsp3) is 0.308. The minimum Gasteiger partial charge on any atom is -0.294 e. The van der Waals surface area contributed by atoms with Crippen LogP contribution in [0.1, 0.15) is 26.5 Å². The van der Waals surface area contributed by atoms with Gasteiger partial charge < -0.3 is 0 Å². The van der Waals surface area contributed by atoms with Gasteiger partial charge in [-0.1, -0.05) is 42.8 Å². The molecule has 2 rings (SSSR count). The van der Waals surface area contributed by atoms with Crippen LogP contribution in [0.25, 0.3) is 5.69 Å². The summed E-state index contributed by atoms with van der Waals surface area (Å²) in [4.78, 5) is 11.9. The molecule has 0 aliphatic rings. The van der Waals surface area contributed by atoms with Crippen molar-refractivity contribution in [2.75, 3.05) is 0 Å². The standard InChI is InChI=1S/C13H15BrN2O/c1-13(2,3)11-8-12(17)16(15-11)10-6-4-5-9(14)7-10/h4-8,15H,1-3H3. The van der Waals surface area contributed by atoms with Crippen molar-refractivity contribution in [3.63, 3.8) is 0 Å². The third kappa shape index (κ3) is 2.52. The molecule has 0 unspecified atom stereocenters. The molecule has 17 heavy (non-hydrogen) atoms. The molecular formula is C13H15BrN2O. The van der Waals surface area contributed by atoms with Crippen LogP contribution in [0.5, 0.6) is 0 Å². The number of nitrogens with zero attached hydrogens (tertiary/aromatic N) is 1. The minimum absolute atomic E-state index is 0.0342. The Morgan fingerprint density at radius 1 is 1.24 bits per heavy atom. The van der Waals surface area contributed by atoms with Gasteiger partial charge in [0, 0.05) is 21.6 Å². The van der Waals surface area contributed by atoms with E-state index in [-0.39, 0.29) is 11.0 Å². The molecule has 0 bridgehead atoms. The molecule has 3 nitrogen and oxygen atoms in total. The lowest BCUT2D eigenvalue weighted by Crippen LogP contribution is -2.14. The molecule has 1 aromatic carbocycles. The highest BCUT2D eigenvalue weighted by Gasteiger charge is 2.17. The summed E-state index contributed by atoms with van der Waals surface area (Å²) in [7, 11) is 0. The number of benzene rings is 1. The second kappa shape index (κ2) is 4.18. The summed E-state index contributed by atoms with van der Waals surface area (Å²) < 4.78 is 2.51. The van der Waals surface area contributed by atoms with Gasteiger partial charge in [-0.05, 0) is 18.2 Å². The Morgan fingerprint density at radius 2 is 1.94 bits per heavy atom. The molecule has 1 aromatic heterocycles. The number of rotatable bonds is 1. The van der Waals surface area contributed by atoms with Crippen molar-refractivity contribution in [2.45, 2.75) is 26.2 Å². The smallest absolute Gasteiger partial charge is 0.271 e. The van der Waals surface area contributed by atoms with Crippen molar-refractivity contribution in [3.8, 4) is 5.69 Å². The normalized spacial score (nSPS) is 11.8. The second-order valence-electron chi connectivity index (χ2n) is 5.07. The van der Waals surface area contributed by atoms with Gasteiger partial charge in [-0.25, -0.2) is 4.68 Å². The monoisotopic (exact) mass is 294 g/mol. The third-order valence-electron chi connectivity index (χ3n) is 2.59. The zero-order chi connectivity index (χ0) is 12.6. The fourth-order valence-electron chi connectivity index (χ4n) is 1.59. The largest absolute Gasteiger partial charge is 0.294 e. The van der Waals surface area contributed by atoms with Gasteiger partial charge in [0.25, 0.3) is 5.56 Å². The van der Waals surface area contributed by atoms with Gasteiger partial charge in [0.2, 0.25) is 0 Å². The van der Waals surface area contributed by atoms with Gasteiger partial charge in [-0.2, -0.15) is 0 Å². The van der Waals surface area contributed by atoms with Gasteiger partial charge >= 0.3 is 0 Å². The van der Waals surface area contributed by atoms with Crippen LogP contribution in [-0.2, 0) is 5.41 Å². The number of H-pyrrole nitrogens is 1. The van der Waals surface area contributed by atoms with Crippen LogP contribution in [0.4, 0.5) is 0 Å². The molecule has 1 heterocycles. The molecule has 0 saturated heterocycles. The number of nitrogens with one attached hydrogen (secondary N) is 1. The molecule has 1 N–H and O–H groups in total. The molecule has 90 valence electrons. The Bertz CT molecular complexity index is 590. The average Bonchev–Trinajstić information content (AvgIpc) is 2.60. The van der Waals surface area contributed by atoms with E-state index in [4.69, 9.17) is 0 Å². The number of aromatic amines is 1. The zero-order valence-electron chi connectivity index (χ0n) is 10.1. The molecule has 0 aliphatic heterocycles.